The van der Waals surface area contributed by atoms with Gasteiger partial charge in [-0.15, -0.1) is 0 Å². The summed E-state index contributed by atoms with van der Waals surface area (Å²) in [6.07, 6.45) is 0. The summed E-state index contributed by atoms with van der Waals surface area (Å²) < 4.78 is 0. The van der Waals surface area contributed by atoms with Crippen molar-refractivity contribution in [2.45, 2.75) is 26.8 Å². The molecule has 0 unspecified atom stereocenters. The Bertz CT molecular complexity index is 328. The van der Waals surface area contributed by atoms with E-state index in [1.54, 1.807) is 0 Å². The monoisotopic (exact) mass is 206 g/mol. The van der Waals surface area contributed by atoms with Crippen molar-refractivity contribution in [2.24, 2.45) is 11.7 Å². The highest BCUT2D eigenvalue weighted by Crippen LogP contribution is 2.14. The zero-order valence-corrected chi connectivity index (χ0v) is 9.45. The van der Waals surface area contributed by atoms with E-state index in [9.17, 15) is 4.79 Å². The fraction of sp³-hybridized carbons (Fsp3) is 0.417. The molecular weight excluding hydrogens is 188 g/mol. The second-order valence-electron chi connectivity index (χ2n) is 4.05. The Labute approximate surface area is 90.7 Å². The van der Waals surface area contributed by atoms with Crippen molar-refractivity contribution in [3.05, 3.63) is 29.8 Å². The number of rotatable bonds is 3. The number of nitrogens with one attached hydrogen (secondary N) is 1. The second-order valence-corrected chi connectivity index (χ2v) is 4.05. The van der Waals surface area contributed by atoms with Gasteiger partial charge >= 0.3 is 0 Å². The first-order chi connectivity index (χ1) is 7.00. The lowest BCUT2D eigenvalue weighted by molar-refractivity contribution is -0.118. The molecule has 0 saturated carbocycles. The molecule has 3 N–H and O–H groups in total. The van der Waals surface area contributed by atoms with Gasteiger partial charge < -0.3 is 11.1 Å². The molecule has 0 saturated heterocycles. The Hall–Kier alpha value is -1.35. The topological polar surface area (TPSA) is 55.1 Å². The van der Waals surface area contributed by atoms with E-state index in [0.29, 0.717) is 0 Å². The van der Waals surface area contributed by atoms with Crippen LogP contribution < -0.4 is 11.1 Å². The van der Waals surface area contributed by atoms with Gasteiger partial charge in [-0.25, -0.2) is 0 Å². The minimum atomic E-state index is -0.00175. The molecule has 0 heterocycles. The van der Waals surface area contributed by atoms with Crippen LogP contribution in [0.3, 0.4) is 0 Å². The third kappa shape index (κ3) is 3.36. The first-order valence-corrected chi connectivity index (χ1v) is 5.17. The highest BCUT2D eigenvalue weighted by atomic mass is 16.1. The van der Waals surface area contributed by atoms with Crippen LogP contribution in [0.15, 0.2) is 24.3 Å². The lowest BCUT2D eigenvalue weighted by Crippen LogP contribution is -2.17. The Morgan fingerprint density at radius 2 is 1.73 bits per heavy atom. The smallest absolute Gasteiger partial charge is 0.226 e. The average Bonchev–Trinajstić information content (AvgIpc) is 2.18. The minimum Gasteiger partial charge on any atom is -0.326 e. The van der Waals surface area contributed by atoms with E-state index in [1.807, 2.05) is 45.0 Å². The van der Waals surface area contributed by atoms with Crippen LogP contribution in [0.5, 0.6) is 0 Å². The summed E-state index contributed by atoms with van der Waals surface area (Å²) in [4.78, 5) is 11.4. The summed E-state index contributed by atoms with van der Waals surface area (Å²) in [6.45, 7) is 5.67. The minimum absolute atomic E-state index is 0.00175. The van der Waals surface area contributed by atoms with Gasteiger partial charge in [0.15, 0.2) is 0 Å². The van der Waals surface area contributed by atoms with Crippen molar-refractivity contribution in [1.82, 2.24) is 0 Å². The molecule has 0 aliphatic rings. The maximum atomic E-state index is 11.4. The molecule has 0 bridgehead atoms. The van der Waals surface area contributed by atoms with Crippen LogP contribution >= 0.6 is 0 Å². The van der Waals surface area contributed by atoms with Gasteiger partial charge in [-0.2, -0.15) is 0 Å². The highest BCUT2D eigenvalue weighted by molar-refractivity contribution is 5.92. The third-order valence-corrected chi connectivity index (χ3v) is 2.23. The molecule has 0 aliphatic heterocycles. The van der Waals surface area contributed by atoms with Gasteiger partial charge in [0.05, 0.1) is 0 Å². The average molecular weight is 206 g/mol. The van der Waals surface area contributed by atoms with Crippen LogP contribution in [0.2, 0.25) is 0 Å². The van der Waals surface area contributed by atoms with Crippen LogP contribution in [0.25, 0.3) is 0 Å². The zero-order chi connectivity index (χ0) is 11.4. The first kappa shape index (κ1) is 11.7. The molecule has 1 amide bonds. The Morgan fingerprint density at radius 3 is 2.13 bits per heavy atom. The molecule has 0 aromatic heterocycles. The van der Waals surface area contributed by atoms with Gasteiger partial charge in [0.1, 0.15) is 0 Å². The van der Waals surface area contributed by atoms with Crippen molar-refractivity contribution in [1.29, 1.82) is 0 Å². The summed E-state index contributed by atoms with van der Waals surface area (Å²) in [6, 6.07) is 7.64. The molecule has 0 fully saturated rings. The Kier molecular flexibility index (Phi) is 3.86. The summed E-state index contributed by atoms with van der Waals surface area (Å²) in [7, 11) is 0. The second kappa shape index (κ2) is 4.94. The molecule has 1 aromatic carbocycles. The van der Waals surface area contributed by atoms with Gasteiger partial charge in [0, 0.05) is 17.6 Å². The van der Waals surface area contributed by atoms with Crippen molar-refractivity contribution < 1.29 is 4.79 Å². The van der Waals surface area contributed by atoms with Crippen molar-refractivity contribution in [3.8, 4) is 0 Å². The van der Waals surface area contributed by atoms with E-state index in [-0.39, 0.29) is 17.9 Å². The van der Waals surface area contributed by atoms with Crippen LogP contribution in [-0.2, 0) is 4.79 Å². The predicted molar refractivity (Wildman–Crippen MR) is 62.5 cm³/mol. The lowest BCUT2D eigenvalue weighted by Gasteiger charge is -2.09. The number of anilines is 1. The molecule has 0 radical (unpaired) electrons. The number of hydrogen-bond acceptors (Lipinski definition) is 2. The van der Waals surface area contributed by atoms with Crippen molar-refractivity contribution >= 4 is 11.6 Å². The van der Waals surface area contributed by atoms with Gasteiger partial charge in [-0.3, -0.25) is 4.79 Å². The van der Waals surface area contributed by atoms with E-state index in [4.69, 9.17) is 5.73 Å². The van der Waals surface area contributed by atoms with E-state index < -0.39 is 0 Å². The Balaban J connectivity index is 2.69. The quantitative estimate of drug-likeness (QED) is 0.797. The van der Waals surface area contributed by atoms with Crippen molar-refractivity contribution in [3.63, 3.8) is 0 Å². The third-order valence-electron chi connectivity index (χ3n) is 2.23. The number of amides is 1. The number of carbonyl (C=O) groups excluding carboxylic acids is 1. The van der Waals surface area contributed by atoms with Crippen LogP contribution in [-0.4, -0.2) is 5.91 Å². The fourth-order valence-electron chi connectivity index (χ4n) is 1.16. The van der Waals surface area contributed by atoms with Crippen molar-refractivity contribution in [2.75, 3.05) is 5.32 Å². The van der Waals surface area contributed by atoms with Crippen LogP contribution in [0.1, 0.15) is 32.4 Å². The number of benzene rings is 1. The van der Waals surface area contributed by atoms with E-state index in [0.717, 1.165) is 11.3 Å². The normalized spacial score (nSPS) is 12.6. The number of hydrogen-bond donors (Lipinski definition) is 2. The summed E-state index contributed by atoms with van der Waals surface area (Å²) in [5.41, 5.74) is 7.61. The van der Waals surface area contributed by atoms with Gasteiger partial charge in [-0.05, 0) is 24.6 Å². The molecule has 3 heteroatoms. The summed E-state index contributed by atoms with van der Waals surface area (Å²) >= 11 is 0. The highest BCUT2D eigenvalue weighted by Gasteiger charge is 2.06. The fourth-order valence-corrected chi connectivity index (χ4v) is 1.16. The van der Waals surface area contributed by atoms with Crippen LogP contribution in [0.4, 0.5) is 5.69 Å². The lowest BCUT2D eigenvalue weighted by atomic mass is 10.1. The number of carbonyl (C=O) groups is 1. The predicted octanol–water partition coefficient (Wildman–Crippen LogP) is 2.30. The SMILES string of the molecule is CC(C)C(=O)Nc1ccc([C@@H](C)N)cc1. The molecule has 1 aromatic rings. The van der Waals surface area contributed by atoms with Gasteiger partial charge in [0.25, 0.3) is 0 Å². The van der Waals surface area contributed by atoms with Gasteiger partial charge in [0.2, 0.25) is 5.91 Å². The van der Waals surface area contributed by atoms with Crippen LogP contribution in [0, 0.1) is 5.92 Å². The molecule has 1 atom stereocenters. The summed E-state index contributed by atoms with van der Waals surface area (Å²) in [5, 5.41) is 2.83. The van der Waals surface area contributed by atoms with E-state index >= 15 is 0 Å². The summed E-state index contributed by atoms with van der Waals surface area (Å²) in [5.74, 6) is 0.0293. The molecular formula is C12H18N2O. The van der Waals surface area contributed by atoms with Gasteiger partial charge in [-0.1, -0.05) is 26.0 Å². The molecule has 1 rings (SSSR count). The standard InChI is InChI=1S/C12H18N2O/c1-8(2)12(15)14-11-6-4-10(5-7-11)9(3)13/h4-9H,13H2,1-3H3,(H,14,15)/t9-/m1/s1. The van der Waals surface area contributed by atoms with E-state index in [2.05, 4.69) is 5.32 Å². The molecule has 0 spiro atoms. The molecule has 15 heavy (non-hydrogen) atoms. The first-order valence-electron chi connectivity index (χ1n) is 5.17. The maximum Gasteiger partial charge on any atom is 0.226 e. The largest absolute Gasteiger partial charge is 0.326 e. The molecule has 3 nitrogen and oxygen atoms in total. The molecule has 0 aliphatic carbocycles. The maximum absolute atomic E-state index is 11.4. The number of nitrogens with two attached hydrogens (primary N) is 1. The zero-order valence-electron chi connectivity index (χ0n) is 9.45. The Morgan fingerprint density at radius 1 is 1.20 bits per heavy atom. The van der Waals surface area contributed by atoms with E-state index in [1.165, 1.54) is 0 Å². The molecule has 82 valence electrons.